The molecule has 23 heavy (non-hydrogen) atoms. The van der Waals surface area contributed by atoms with Crippen LogP contribution in [0.5, 0.6) is 0 Å². The van der Waals surface area contributed by atoms with Crippen molar-refractivity contribution in [2.45, 2.75) is 39.2 Å². The highest BCUT2D eigenvalue weighted by atomic mass is 16.1. The Labute approximate surface area is 140 Å². The van der Waals surface area contributed by atoms with Crippen molar-refractivity contribution in [1.82, 2.24) is 4.90 Å². The number of carbonyl (C=O) groups is 1. The van der Waals surface area contributed by atoms with Crippen LogP contribution in [-0.4, -0.2) is 30.3 Å². The van der Waals surface area contributed by atoms with Crippen LogP contribution in [-0.2, 0) is 6.42 Å². The van der Waals surface area contributed by atoms with Gasteiger partial charge in [-0.1, -0.05) is 66.6 Å². The number of hydrogen-bond acceptors (Lipinski definition) is 2. The first-order valence-corrected chi connectivity index (χ1v) is 8.23. The quantitative estimate of drug-likeness (QED) is 0.735. The summed E-state index contributed by atoms with van der Waals surface area (Å²) in [5.74, 6) is 0.200. The van der Waals surface area contributed by atoms with Crippen molar-refractivity contribution in [1.29, 1.82) is 0 Å². The molecule has 0 amide bonds. The van der Waals surface area contributed by atoms with Gasteiger partial charge in [0.2, 0.25) is 0 Å². The van der Waals surface area contributed by atoms with Crippen LogP contribution in [0.4, 0.5) is 0 Å². The Balaban J connectivity index is 2.40. The van der Waals surface area contributed by atoms with E-state index in [1.54, 1.807) is 0 Å². The molecule has 0 bridgehead atoms. The summed E-state index contributed by atoms with van der Waals surface area (Å²) >= 11 is 0. The Morgan fingerprint density at radius 1 is 0.913 bits per heavy atom. The second-order valence-electron chi connectivity index (χ2n) is 6.64. The molecule has 0 saturated carbocycles. The molecule has 2 aromatic carbocycles. The standard InChI is InChI=1S/C21H27NO/c1-6-21(22(4)5,15-18-11-7-16(2)8-12-18)20(23)19-13-9-17(3)10-14-19/h7-14H,6,15H2,1-5H3. The molecule has 0 aromatic heterocycles. The average Bonchev–Trinajstić information content (AvgIpc) is 2.54. The van der Waals surface area contributed by atoms with E-state index in [9.17, 15) is 4.79 Å². The van der Waals surface area contributed by atoms with Crippen molar-refractivity contribution < 1.29 is 4.79 Å². The lowest BCUT2D eigenvalue weighted by Crippen LogP contribution is -2.52. The van der Waals surface area contributed by atoms with Crippen LogP contribution < -0.4 is 0 Å². The fraction of sp³-hybridized carbons (Fsp3) is 0.381. The zero-order chi connectivity index (χ0) is 17.0. The monoisotopic (exact) mass is 309 g/mol. The molecular weight excluding hydrogens is 282 g/mol. The Morgan fingerprint density at radius 2 is 1.39 bits per heavy atom. The number of carbonyl (C=O) groups excluding carboxylic acids is 1. The van der Waals surface area contributed by atoms with E-state index in [0.717, 1.165) is 18.4 Å². The summed E-state index contributed by atoms with van der Waals surface area (Å²) in [6.45, 7) is 6.22. The van der Waals surface area contributed by atoms with Gasteiger partial charge in [0.15, 0.2) is 5.78 Å². The number of rotatable bonds is 6. The fourth-order valence-electron chi connectivity index (χ4n) is 3.06. The van der Waals surface area contributed by atoms with Gasteiger partial charge in [-0.05, 0) is 46.3 Å². The molecule has 2 rings (SSSR count). The van der Waals surface area contributed by atoms with E-state index in [1.165, 1.54) is 16.7 Å². The number of hydrogen-bond donors (Lipinski definition) is 0. The first kappa shape index (κ1) is 17.4. The molecule has 0 spiro atoms. The first-order valence-electron chi connectivity index (χ1n) is 8.23. The van der Waals surface area contributed by atoms with Crippen LogP contribution in [0, 0.1) is 13.8 Å². The van der Waals surface area contributed by atoms with Crippen LogP contribution >= 0.6 is 0 Å². The van der Waals surface area contributed by atoms with Gasteiger partial charge in [0.05, 0.1) is 5.54 Å². The van der Waals surface area contributed by atoms with Gasteiger partial charge in [-0.25, -0.2) is 0 Å². The maximum Gasteiger partial charge on any atom is 0.183 e. The maximum atomic E-state index is 13.3. The third-order valence-electron chi connectivity index (χ3n) is 4.79. The van der Waals surface area contributed by atoms with E-state index in [0.29, 0.717) is 0 Å². The van der Waals surface area contributed by atoms with Crippen molar-refractivity contribution in [3.63, 3.8) is 0 Å². The number of aryl methyl sites for hydroxylation is 2. The number of likely N-dealkylation sites (N-methyl/N-ethyl adjacent to an activating group) is 1. The van der Waals surface area contributed by atoms with Gasteiger partial charge < -0.3 is 0 Å². The van der Waals surface area contributed by atoms with Crippen molar-refractivity contribution in [3.8, 4) is 0 Å². The SMILES string of the molecule is CCC(Cc1ccc(C)cc1)(C(=O)c1ccc(C)cc1)N(C)C. The molecule has 2 heteroatoms. The van der Waals surface area contributed by atoms with Crippen LogP contribution in [0.3, 0.4) is 0 Å². The van der Waals surface area contributed by atoms with E-state index in [1.807, 2.05) is 45.3 Å². The Bertz CT molecular complexity index is 655. The van der Waals surface area contributed by atoms with Crippen molar-refractivity contribution in [2.75, 3.05) is 14.1 Å². The molecule has 0 saturated heterocycles. The maximum absolute atomic E-state index is 13.3. The van der Waals surface area contributed by atoms with Crippen LogP contribution in [0.2, 0.25) is 0 Å². The van der Waals surface area contributed by atoms with E-state index in [4.69, 9.17) is 0 Å². The second-order valence-corrected chi connectivity index (χ2v) is 6.64. The summed E-state index contributed by atoms with van der Waals surface area (Å²) in [5.41, 5.74) is 3.90. The lowest BCUT2D eigenvalue weighted by atomic mass is 9.80. The minimum Gasteiger partial charge on any atom is -0.297 e. The smallest absolute Gasteiger partial charge is 0.183 e. The van der Waals surface area contributed by atoms with Crippen LogP contribution in [0.1, 0.15) is 40.4 Å². The molecule has 0 aliphatic heterocycles. The normalized spacial score (nSPS) is 13.8. The van der Waals surface area contributed by atoms with Gasteiger partial charge in [0.25, 0.3) is 0 Å². The molecule has 2 nitrogen and oxygen atoms in total. The summed E-state index contributed by atoms with van der Waals surface area (Å²) < 4.78 is 0. The van der Waals surface area contributed by atoms with E-state index >= 15 is 0 Å². The van der Waals surface area contributed by atoms with Gasteiger partial charge in [-0.3, -0.25) is 9.69 Å². The van der Waals surface area contributed by atoms with Crippen molar-refractivity contribution >= 4 is 5.78 Å². The van der Waals surface area contributed by atoms with Gasteiger partial charge in [-0.15, -0.1) is 0 Å². The number of ketones is 1. The number of benzene rings is 2. The molecule has 1 unspecified atom stereocenters. The lowest BCUT2D eigenvalue weighted by Gasteiger charge is -2.38. The second kappa shape index (κ2) is 7.10. The molecule has 0 radical (unpaired) electrons. The van der Waals surface area contributed by atoms with Gasteiger partial charge in [0.1, 0.15) is 0 Å². The molecule has 2 aromatic rings. The van der Waals surface area contributed by atoms with E-state index in [-0.39, 0.29) is 5.78 Å². The minimum absolute atomic E-state index is 0.200. The van der Waals surface area contributed by atoms with Crippen LogP contribution in [0.15, 0.2) is 48.5 Å². The first-order chi connectivity index (χ1) is 10.9. The topological polar surface area (TPSA) is 20.3 Å². The Kier molecular flexibility index (Phi) is 5.38. The number of nitrogens with zero attached hydrogens (tertiary/aromatic N) is 1. The minimum atomic E-state index is -0.509. The predicted molar refractivity (Wildman–Crippen MR) is 97.1 cm³/mol. The Morgan fingerprint density at radius 3 is 1.83 bits per heavy atom. The van der Waals surface area contributed by atoms with Crippen LogP contribution in [0.25, 0.3) is 0 Å². The molecule has 122 valence electrons. The van der Waals surface area contributed by atoms with E-state index in [2.05, 4.69) is 43.0 Å². The average molecular weight is 309 g/mol. The van der Waals surface area contributed by atoms with Gasteiger partial charge >= 0.3 is 0 Å². The van der Waals surface area contributed by atoms with Gasteiger partial charge in [-0.2, -0.15) is 0 Å². The molecule has 0 fully saturated rings. The zero-order valence-electron chi connectivity index (χ0n) is 14.9. The third-order valence-corrected chi connectivity index (χ3v) is 4.79. The van der Waals surface area contributed by atoms with Crippen molar-refractivity contribution in [2.24, 2.45) is 0 Å². The summed E-state index contributed by atoms with van der Waals surface area (Å²) in [6, 6.07) is 16.4. The summed E-state index contributed by atoms with van der Waals surface area (Å²) in [5, 5.41) is 0. The highest BCUT2D eigenvalue weighted by Crippen LogP contribution is 2.28. The molecule has 0 heterocycles. The summed E-state index contributed by atoms with van der Waals surface area (Å²) in [4.78, 5) is 15.4. The Hall–Kier alpha value is -1.93. The number of Topliss-reactive ketones (excluding diaryl/α,β-unsaturated/α-hetero) is 1. The molecular formula is C21H27NO. The van der Waals surface area contributed by atoms with Gasteiger partial charge in [0, 0.05) is 5.56 Å². The molecule has 0 aliphatic rings. The highest BCUT2D eigenvalue weighted by Gasteiger charge is 2.39. The lowest BCUT2D eigenvalue weighted by molar-refractivity contribution is 0.0666. The van der Waals surface area contributed by atoms with Crippen molar-refractivity contribution in [3.05, 3.63) is 70.8 Å². The largest absolute Gasteiger partial charge is 0.297 e. The zero-order valence-corrected chi connectivity index (χ0v) is 14.9. The fourth-order valence-corrected chi connectivity index (χ4v) is 3.06. The molecule has 0 aliphatic carbocycles. The summed E-state index contributed by atoms with van der Waals surface area (Å²) in [6.07, 6.45) is 1.50. The van der Waals surface area contributed by atoms with E-state index < -0.39 is 5.54 Å². The molecule has 0 N–H and O–H groups in total. The third kappa shape index (κ3) is 3.70. The highest BCUT2D eigenvalue weighted by molar-refractivity contribution is 6.03. The predicted octanol–water partition coefficient (Wildman–Crippen LogP) is 4.44. The molecule has 1 atom stereocenters. The summed E-state index contributed by atoms with van der Waals surface area (Å²) in [7, 11) is 4.01.